The van der Waals surface area contributed by atoms with Crippen LogP contribution in [0.2, 0.25) is 0 Å². The molecule has 0 bridgehead atoms. The van der Waals surface area contributed by atoms with Gasteiger partial charge in [0.15, 0.2) is 11.5 Å². The molecule has 0 amide bonds. The number of hydrogen-bond donors (Lipinski definition) is 0. The Morgan fingerprint density at radius 3 is 2.72 bits per heavy atom. The van der Waals surface area contributed by atoms with Crippen LogP contribution in [-0.2, 0) is 10.0 Å². The second-order valence-corrected chi connectivity index (χ2v) is 7.77. The van der Waals surface area contributed by atoms with Gasteiger partial charge in [0, 0.05) is 12.0 Å². The number of hydrazone groups is 1. The van der Waals surface area contributed by atoms with Crippen LogP contribution in [-0.4, -0.2) is 31.6 Å². The summed E-state index contributed by atoms with van der Waals surface area (Å²) in [7, 11) is -3.58. The van der Waals surface area contributed by atoms with E-state index in [1.54, 1.807) is 30.3 Å². The third kappa shape index (κ3) is 2.93. The fraction of sp³-hybridized carbons (Fsp3) is 0.235. The Bertz CT molecular complexity index is 974. The first-order chi connectivity index (χ1) is 11.9. The summed E-state index contributed by atoms with van der Waals surface area (Å²) in [6.45, 7) is 0.143. The topological polar surface area (TPSA) is 68.2 Å². The molecule has 2 aromatic rings. The van der Waals surface area contributed by atoms with E-state index >= 15 is 0 Å². The normalized spacial score (nSPS) is 19.2. The van der Waals surface area contributed by atoms with E-state index in [2.05, 4.69) is 5.10 Å². The highest BCUT2D eigenvalue weighted by atomic mass is 32.2. The summed E-state index contributed by atoms with van der Waals surface area (Å²) in [4.78, 5) is 0. The number of fused-ring (bicyclic) bond motifs is 1. The van der Waals surface area contributed by atoms with Crippen LogP contribution in [0.3, 0.4) is 0 Å². The second kappa shape index (κ2) is 5.73. The highest BCUT2D eigenvalue weighted by molar-refractivity contribution is 7.88. The molecule has 0 aliphatic carbocycles. The maximum absolute atomic E-state index is 13.5. The van der Waals surface area contributed by atoms with Crippen molar-refractivity contribution >= 4 is 15.7 Å². The van der Waals surface area contributed by atoms with Gasteiger partial charge in [0.25, 0.3) is 0 Å². The number of benzene rings is 2. The first-order valence-electron chi connectivity index (χ1n) is 7.64. The minimum absolute atomic E-state index is 0.143. The van der Waals surface area contributed by atoms with Gasteiger partial charge < -0.3 is 9.47 Å². The van der Waals surface area contributed by atoms with Gasteiger partial charge in [-0.05, 0) is 29.8 Å². The van der Waals surface area contributed by atoms with E-state index < -0.39 is 21.9 Å². The summed E-state index contributed by atoms with van der Waals surface area (Å²) in [5.41, 5.74) is 1.83. The molecule has 0 saturated carbocycles. The first-order valence-corrected chi connectivity index (χ1v) is 9.49. The monoisotopic (exact) mass is 362 g/mol. The number of ether oxygens (including phenoxy) is 2. The maximum Gasteiger partial charge on any atom is 0.247 e. The van der Waals surface area contributed by atoms with Gasteiger partial charge in [-0.2, -0.15) is 9.52 Å². The summed E-state index contributed by atoms with van der Waals surface area (Å²) >= 11 is 0. The van der Waals surface area contributed by atoms with Crippen LogP contribution in [0, 0.1) is 5.82 Å². The van der Waals surface area contributed by atoms with Crippen molar-refractivity contribution in [1.29, 1.82) is 0 Å². The Kier molecular flexibility index (Phi) is 3.64. The smallest absolute Gasteiger partial charge is 0.247 e. The van der Waals surface area contributed by atoms with Crippen molar-refractivity contribution in [2.75, 3.05) is 13.0 Å². The van der Waals surface area contributed by atoms with Crippen LogP contribution in [0.15, 0.2) is 47.6 Å². The van der Waals surface area contributed by atoms with Crippen molar-refractivity contribution in [3.8, 4) is 11.5 Å². The van der Waals surface area contributed by atoms with Gasteiger partial charge in [0.2, 0.25) is 16.8 Å². The Morgan fingerprint density at radius 1 is 1.16 bits per heavy atom. The van der Waals surface area contributed by atoms with Crippen molar-refractivity contribution in [1.82, 2.24) is 4.41 Å². The average Bonchev–Trinajstić information content (AvgIpc) is 3.20. The van der Waals surface area contributed by atoms with Gasteiger partial charge in [-0.1, -0.05) is 18.2 Å². The van der Waals surface area contributed by atoms with E-state index in [1.807, 2.05) is 0 Å². The molecule has 8 heteroatoms. The summed E-state index contributed by atoms with van der Waals surface area (Å²) in [5, 5.41) is 4.25. The molecule has 0 fully saturated rings. The molecule has 25 heavy (non-hydrogen) atoms. The largest absolute Gasteiger partial charge is 0.454 e. The van der Waals surface area contributed by atoms with Crippen LogP contribution in [0.1, 0.15) is 23.6 Å². The lowest BCUT2D eigenvalue weighted by Crippen LogP contribution is -2.25. The quantitative estimate of drug-likeness (QED) is 0.842. The van der Waals surface area contributed by atoms with Gasteiger partial charge >= 0.3 is 0 Å². The van der Waals surface area contributed by atoms with Gasteiger partial charge in [-0.3, -0.25) is 0 Å². The van der Waals surface area contributed by atoms with Crippen LogP contribution < -0.4 is 9.47 Å². The first kappa shape index (κ1) is 15.9. The minimum atomic E-state index is -3.58. The summed E-state index contributed by atoms with van der Waals surface area (Å²) in [6, 6.07) is 10.8. The summed E-state index contributed by atoms with van der Waals surface area (Å²) in [5.74, 6) is 0.807. The zero-order chi connectivity index (χ0) is 17.6. The number of hydrogen-bond acceptors (Lipinski definition) is 5. The standard InChI is InChI=1S/C17H15FN2O4S/c1-25(21,22)20-15(12-5-6-16-17(8-12)24-10-23-16)9-14(19-20)11-3-2-4-13(18)7-11/h2-8,15H,9-10H2,1H3/t15-/m0/s1. The lowest BCUT2D eigenvalue weighted by molar-refractivity contribution is 0.174. The van der Waals surface area contributed by atoms with Crippen molar-refractivity contribution in [3.05, 3.63) is 59.4 Å². The highest BCUT2D eigenvalue weighted by Crippen LogP contribution is 2.40. The molecule has 130 valence electrons. The number of rotatable bonds is 3. The molecule has 4 rings (SSSR count). The molecule has 0 saturated heterocycles. The third-order valence-electron chi connectivity index (χ3n) is 4.15. The van der Waals surface area contributed by atoms with E-state index in [4.69, 9.17) is 9.47 Å². The predicted molar refractivity (Wildman–Crippen MR) is 89.5 cm³/mol. The lowest BCUT2D eigenvalue weighted by Gasteiger charge is -2.21. The van der Waals surface area contributed by atoms with Gasteiger partial charge in [0.1, 0.15) is 5.82 Å². The molecule has 0 radical (unpaired) electrons. The predicted octanol–water partition coefficient (Wildman–Crippen LogP) is 2.67. The number of nitrogens with zero attached hydrogens (tertiary/aromatic N) is 2. The molecular formula is C17H15FN2O4S. The summed E-state index contributed by atoms with van der Waals surface area (Å²) < 4.78 is 49.6. The molecule has 0 aromatic heterocycles. The van der Waals surface area contributed by atoms with Crippen molar-refractivity contribution in [3.63, 3.8) is 0 Å². The molecule has 2 heterocycles. The molecule has 2 aliphatic rings. The minimum Gasteiger partial charge on any atom is -0.454 e. The maximum atomic E-state index is 13.5. The number of sulfonamides is 1. The molecule has 0 N–H and O–H groups in total. The van der Waals surface area contributed by atoms with Crippen molar-refractivity contribution in [2.24, 2.45) is 5.10 Å². The molecule has 0 unspecified atom stereocenters. The van der Waals surface area contributed by atoms with Crippen molar-refractivity contribution < 1.29 is 22.3 Å². The van der Waals surface area contributed by atoms with E-state index in [-0.39, 0.29) is 6.79 Å². The molecule has 2 aromatic carbocycles. The van der Waals surface area contributed by atoms with E-state index in [0.29, 0.717) is 29.2 Å². The second-order valence-electron chi connectivity index (χ2n) is 5.93. The van der Waals surface area contributed by atoms with E-state index in [1.165, 1.54) is 12.1 Å². The van der Waals surface area contributed by atoms with Crippen LogP contribution in [0.25, 0.3) is 0 Å². The molecule has 2 aliphatic heterocycles. The lowest BCUT2D eigenvalue weighted by atomic mass is 9.99. The molecule has 6 nitrogen and oxygen atoms in total. The van der Waals surface area contributed by atoms with Gasteiger partial charge in [0.05, 0.1) is 18.0 Å². The number of halogens is 1. The summed E-state index contributed by atoms with van der Waals surface area (Å²) in [6.07, 6.45) is 1.45. The third-order valence-corrected chi connectivity index (χ3v) is 5.17. The Hall–Kier alpha value is -2.61. The molecular weight excluding hydrogens is 347 g/mol. The molecule has 1 atom stereocenters. The zero-order valence-electron chi connectivity index (χ0n) is 13.3. The van der Waals surface area contributed by atoms with Gasteiger partial charge in [-0.25, -0.2) is 12.8 Å². The van der Waals surface area contributed by atoms with Crippen LogP contribution >= 0.6 is 0 Å². The SMILES string of the molecule is CS(=O)(=O)N1N=C(c2cccc(F)c2)C[C@H]1c1ccc2c(c1)OCO2. The van der Waals surface area contributed by atoms with E-state index in [0.717, 1.165) is 16.2 Å². The fourth-order valence-corrected chi connectivity index (χ4v) is 3.91. The Labute approximate surface area is 144 Å². The molecule has 0 spiro atoms. The highest BCUT2D eigenvalue weighted by Gasteiger charge is 2.35. The van der Waals surface area contributed by atoms with Crippen molar-refractivity contribution in [2.45, 2.75) is 12.5 Å². The van der Waals surface area contributed by atoms with Crippen LogP contribution in [0.4, 0.5) is 4.39 Å². The fourth-order valence-electron chi connectivity index (χ4n) is 3.01. The average molecular weight is 362 g/mol. The Morgan fingerprint density at radius 2 is 1.96 bits per heavy atom. The Balaban J connectivity index is 1.73. The van der Waals surface area contributed by atoms with E-state index in [9.17, 15) is 12.8 Å². The zero-order valence-corrected chi connectivity index (χ0v) is 14.2. The van der Waals surface area contributed by atoms with Gasteiger partial charge in [-0.15, -0.1) is 0 Å². The van der Waals surface area contributed by atoms with Crippen LogP contribution in [0.5, 0.6) is 11.5 Å².